The Bertz CT molecular complexity index is 4230. The fourth-order valence-corrected chi connectivity index (χ4v) is 12.5. The fraction of sp³-hybridized carbons (Fsp3) is 0.0141. The molecule has 0 radical (unpaired) electrons. The number of nitrogens with zero attached hydrogens (tertiary/aromatic N) is 2. The van der Waals surface area contributed by atoms with Gasteiger partial charge in [0.1, 0.15) is 0 Å². The van der Waals surface area contributed by atoms with Gasteiger partial charge < -0.3 is 9.47 Å². The van der Waals surface area contributed by atoms with Gasteiger partial charge in [-0.05, 0) is 161 Å². The number of benzene rings is 12. The van der Waals surface area contributed by atoms with Gasteiger partial charge in [-0.2, -0.15) is 0 Å². The molecule has 2 heteroatoms. The van der Waals surface area contributed by atoms with Gasteiger partial charge >= 0.3 is 0 Å². The van der Waals surface area contributed by atoms with Crippen LogP contribution in [0.5, 0.6) is 0 Å². The Morgan fingerprint density at radius 1 is 0.260 bits per heavy atom. The van der Waals surface area contributed by atoms with Crippen molar-refractivity contribution < 1.29 is 0 Å². The molecule has 340 valence electrons. The van der Waals surface area contributed by atoms with Gasteiger partial charge in [-0.3, -0.25) is 0 Å². The SMILES string of the molecule is c1ccc(-c2ccc3cc(N(c4ccc(-c5ccc(-c6ccc7c(c6)c6ccccc6n7-c6ccccc6)cc5)cc4)c4ccc5c(c4)C4(c6ccccc6-c6ccccc64)c4ccccc4-5)ccc3c2)cc1. The summed E-state index contributed by atoms with van der Waals surface area (Å²) in [7, 11) is 0. The van der Waals surface area contributed by atoms with Crippen LogP contribution >= 0.6 is 0 Å². The van der Waals surface area contributed by atoms with Crippen molar-refractivity contribution in [2.24, 2.45) is 0 Å². The smallest absolute Gasteiger partial charge is 0.0726 e. The average Bonchev–Trinajstić information content (AvgIpc) is 4.08. The summed E-state index contributed by atoms with van der Waals surface area (Å²) in [6.07, 6.45) is 0. The van der Waals surface area contributed by atoms with E-state index in [0.29, 0.717) is 0 Å². The second-order valence-electron chi connectivity index (χ2n) is 19.6. The van der Waals surface area contributed by atoms with Gasteiger partial charge in [0.05, 0.1) is 16.4 Å². The van der Waals surface area contributed by atoms with Gasteiger partial charge in [0.25, 0.3) is 0 Å². The molecule has 13 aromatic rings. The van der Waals surface area contributed by atoms with E-state index in [1.165, 1.54) is 116 Å². The highest BCUT2D eigenvalue weighted by atomic mass is 15.1. The van der Waals surface area contributed by atoms with Crippen LogP contribution in [0, 0.1) is 0 Å². The van der Waals surface area contributed by atoms with Crippen molar-refractivity contribution in [3.05, 3.63) is 301 Å². The molecule has 1 spiro atoms. The summed E-state index contributed by atoms with van der Waals surface area (Å²) in [6.45, 7) is 0. The topological polar surface area (TPSA) is 8.17 Å². The molecule has 15 rings (SSSR count). The maximum atomic E-state index is 2.49. The Labute approximate surface area is 425 Å². The standard InChI is InChI=1S/C71H46N2/c1-3-15-47(16-4-1)51-31-32-53-44-57(39-35-52(53)43-51)72(58-40-41-62-61-21-9-13-25-67(61)71(68(62)46-58)65-23-11-7-19-59(65)60-20-8-12-24-66(60)71)56-37-33-49(34-38-56)48-27-29-50(30-28-48)54-36-42-70-64(45-54)63-22-10-14-26-69(63)73(70)55-17-5-2-6-18-55/h1-46H. The number of rotatable bonds is 7. The zero-order chi connectivity index (χ0) is 48.0. The molecule has 12 aromatic carbocycles. The third-order valence-electron chi connectivity index (χ3n) is 15.8. The van der Waals surface area contributed by atoms with E-state index in [1.54, 1.807) is 0 Å². The van der Waals surface area contributed by atoms with Crippen LogP contribution in [0.3, 0.4) is 0 Å². The highest BCUT2D eigenvalue weighted by Gasteiger charge is 2.51. The minimum absolute atomic E-state index is 0.444. The van der Waals surface area contributed by atoms with Crippen LogP contribution in [-0.4, -0.2) is 4.57 Å². The molecule has 2 aliphatic rings. The first kappa shape index (κ1) is 41.3. The van der Waals surface area contributed by atoms with Gasteiger partial charge in [0.2, 0.25) is 0 Å². The Morgan fingerprint density at radius 2 is 0.699 bits per heavy atom. The second-order valence-corrected chi connectivity index (χ2v) is 19.6. The number of aromatic nitrogens is 1. The van der Waals surface area contributed by atoms with Crippen molar-refractivity contribution in [2.75, 3.05) is 4.90 Å². The van der Waals surface area contributed by atoms with Crippen molar-refractivity contribution >= 4 is 49.6 Å². The lowest BCUT2D eigenvalue weighted by atomic mass is 9.70. The molecule has 0 fully saturated rings. The summed E-state index contributed by atoms with van der Waals surface area (Å²) in [5.41, 5.74) is 24.2. The summed E-state index contributed by atoms with van der Waals surface area (Å²) >= 11 is 0. The van der Waals surface area contributed by atoms with Gasteiger partial charge in [0, 0.05) is 33.5 Å². The predicted octanol–water partition coefficient (Wildman–Crippen LogP) is 18.8. The highest BCUT2D eigenvalue weighted by Crippen LogP contribution is 2.63. The molecule has 1 aromatic heterocycles. The van der Waals surface area contributed by atoms with Crippen molar-refractivity contribution in [3.8, 4) is 61.3 Å². The molecule has 0 saturated carbocycles. The zero-order valence-corrected chi connectivity index (χ0v) is 40.0. The van der Waals surface area contributed by atoms with Crippen LogP contribution in [0.2, 0.25) is 0 Å². The van der Waals surface area contributed by atoms with E-state index < -0.39 is 5.41 Å². The number of hydrogen-bond donors (Lipinski definition) is 0. The minimum Gasteiger partial charge on any atom is -0.310 e. The van der Waals surface area contributed by atoms with Crippen molar-refractivity contribution in [2.45, 2.75) is 5.41 Å². The molecule has 0 unspecified atom stereocenters. The molecule has 1 heterocycles. The molecule has 0 atom stereocenters. The minimum atomic E-state index is -0.444. The maximum Gasteiger partial charge on any atom is 0.0726 e. The third kappa shape index (κ3) is 6.30. The Balaban J connectivity index is 0.833. The molecule has 73 heavy (non-hydrogen) atoms. The van der Waals surface area contributed by atoms with E-state index in [1.807, 2.05) is 0 Å². The van der Waals surface area contributed by atoms with E-state index in [4.69, 9.17) is 0 Å². The van der Waals surface area contributed by atoms with E-state index in [-0.39, 0.29) is 0 Å². The summed E-state index contributed by atoms with van der Waals surface area (Å²) in [5, 5.41) is 4.92. The molecule has 0 bridgehead atoms. The van der Waals surface area contributed by atoms with Crippen molar-refractivity contribution in [1.82, 2.24) is 4.57 Å². The third-order valence-corrected chi connectivity index (χ3v) is 15.8. The summed E-state index contributed by atoms with van der Waals surface area (Å²) in [6, 6.07) is 103. The number of fused-ring (bicyclic) bond motifs is 14. The molecule has 2 nitrogen and oxygen atoms in total. The first-order chi connectivity index (χ1) is 36.2. The van der Waals surface area contributed by atoms with Crippen LogP contribution in [-0.2, 0) is 5.41 Å². The average molecular weight is 927 g/mol. The Kier molecular flexibility index (Phi) is 9.21. The number of anilines is 3. The van der Waals surface area contributed by atoms with Crippen molar-refractivity contribution in [3.63, 3.8) is 0 Å². The molecular formula is C71H46N2. The van der Waals surface area contributed by atoms with Gasteiger partial charge in [-0.25, -0.2) is 0 Å². The number of para-hydroxylation sites is 2. The monoisotopic (exact) mass is 926 g/mol. The fourth-order valence-electron chi connectivity index (χ4n) is 12.5. The molecule has 2 aliphatic carbocycles. The lowest BCUT2D eigenvalue weighted by molar-refractivity contribution is 0.793. The quantitative estimate of drug-likeness (QED) is 0.155. The van der Waals surface area contributed by atoms with Gasteiger partial charge in [-0.15, -0.1) is 0 Å². The van der Waals surface area contributed by atoms with E-state index >= 15 is 0 Å². The van der Waals surface area contributed by atoms with Crippen LogP contribution < -0.4 is 4.90 Å². The Hall–Kier alpha value is -9.50. The van der Waals surface area contributed by atoms with E-state index in [2.05, 4.69) is 289 Å². The number of hydrogen-bond acceptors (Lipinski definition) is 1. The molecule has 0 saturated heterocycles. The van der Waals surface area contributed by atoms with Crippen LogP contribution in [0.25, 0.3) is 93.9 Å². The largest absolute Gasteiger partial charge is 0.310 e. The lowest BCUT2D eigenvalue weighted by Crippen LogP contribution is -2.26. The molecule has 0 amide bonds. The summed E-state index contributed by atoms with van der Waals surface area (Å²) in [4.78, 5) is 2.45. The molecular weight excluding hydrogens is 881 g/mol. The van der Waals surface area contributed by atoms with Crippen LogP contribution in [0.15, 0.2) is 279 Å². The summed E-state index contributed by atoms with van der Waals surface area (Å²) in [5.74, 6) is 0. The highest BCUT2D eigenvalue weighted by molar-refractivity contribution is 6.10. The van der Waals surface area contributed by atoms with E-state index in [0.717, 1.165) is 17.1 Å². The van der Waals surface area contributed by atoms with Crippen molar-refractivity contribution in [1.29, 1.82) is 0 Å². The van der Waals surface area contributed by atoms with Gasteiger partial charge in [0.15, 0.2) is 0 Å². The first-order valence-corrected chi connectivity index (χ1v) is 25.3. The first-order valence-electron chi connectivity index (χ1n) is 25.3. The normalized spacial score (nSPS) is 12.8. The van der Waals surface area contributed by atoms with Gasteiger partial charge in [-0.1, -0.05) is 206 Å². The Morgan fingerprint density at radius 3 is 1.38 bits per heavy atom. The second kappa shape index (κ2) is 16.3. The molecule has 0 aliphatic heterocycles. The van der Waals surface area contributed by atoms with Crippen LogP contribution in [0.4, 0.5) is 17.1 Å². The molecule has 0 N–H and O–H groups in total. The maximum absolute atomic E-state index is 2.49. The predicted molar refractivity (Wildman–Crippen MR) is 306 cm³/mol. The van der Waals surface area contributed by atoms with E-state index in [9.17, 15) is 0 Å². The zero-order valence-electron chi connectivity index (χ0n) is 40.0. The lowest BCUT2D eigenvalue weighted by Gasteiger charge is -2.32. The van der Waals surface area contributed by atoms with Crippen LogP contribution in [0.1, 0.15) is 22.3 Å². The summed E-state index contributed by atoms with van der Waals surface area (Å²) < 4.78 is 2.37.